The summed E-state index contributed by atoms with van der Waals surface area (Å²) in [5.74, 6) is 0.945. The fraction of sp³-hybridized carbons (Fsp3) is 0.467. The number of fused-ring (bicyclic) bond motifs is 1. The first-order valence-corrected chi connectivity index (χ1v) is 7.59. The van der Waals surface area contributed by atoms with Crippen LogP contribution < -0.4 is 0 Å². The van der Waals surface area contributed by atoms with Crippen molar-refractivity contribution in [2.24, 2.45) is 0 Å². The maximum Gasteiger partial charge on any atom is 0.223 e. The van der Waals surface area contributed by atoms with Crippen LogP contribution in [-0.4, -0.2) is 39.2 Å². The maximum atomic E-state index is 12.0. The Labute approximate surface area is 123 Å². The zero-order valence-corrected chi connectivity index (χ0v) is 12.1. The Bertz CT molecular complexity index is 610. The molecule has 0 radical (unpaired) electrons. The van der Waals surface area contributed by atoms with Crippen molar-refractivity contribution in [2.75, 3.05) is 19.0 Å². The highest BCUT2D eigenvalue weighted by Gasteiger charge is 2.25. The van der Waals surface area contributed by atoms with Crippen molar-refractivity contribution >= 4 is 23.2 Å². The molecule has 2 aromatic rings. The number of rotatable bonds is 3. The number of piperidine rings is 1. The molecule has 3 rings (SSSR count). The molecule has 0 aliphatic carbocycles. The average Bonchev–Trinajstić information content (AvgIpc) is 2.96. The summed E-state index contributed by atoms with van der Waals surface area (Å²) in [6.45, 7) is 1.64. The van der Waals surface area contributed by atoms with Gasteiger partial charge in [0, 0.05) is 49.4 Å². The molecule has 0 aromatic carbocycles. The number of likely N-dealkylation sites (tertiary alicyclic amines) is 1. The molecule has 0 saturated carbocycles. The number of imidazole rings is 1. The molecule has 1 fully saturated rings. The third-order valence-electron chi connectivity index (χ3n) is 3.96. The van der Waals surface area contributed by atoms with Crippen LogP contribution in [0.3, 0.4) is 0 Å². The molecule has 5 heteroatoms. The number of aromatic nitrogens is 2. The highest BCUT2D eigenvalue weighted by atomic mass is 35.5. The Morgan fingerprint density at radius 3 is 3.20 bits per heavy atom. The molecule has 106 valence electrons. The smallest absolute Gasteiger partial charge is 0.223 e. The van der Waals surface area contributed by atoms with E-state index in [2.05, 4.69) is 15.5 Å². The summed E-state index contributed by atoms with van der Waals surface area (Å²) < 4.78 is 2.13. The van der Waals surface area contributed by atoms with Gasteiger partial charge in [-0.25, -0.2) is 4.98 Å². The largest absolute Gasteiger partial charge is 0.342 e. The van der Waals surface area contributed by atoms with E-state index in [-0.39, 0.29) is 5.91 Å². The third kappa shape index (κ3) is 2.52. The van der Waals surface area contributed by atoms with E-state index >= 15 is 0 Å². The summed E-state index contributed by atoms with van der Waals surface area (Å²) in [4.78, 5) is 18.3. The second-order valence-electron chi connectivity index (χ2n) is 5.22. The molecule has 2 aromatic heterocycles. The summed E-state index contributed by atoms with van der Waals surface area (Å²) in [6.07, 6.45) is 6.40. The average molecular weight is 292 g/mol. The third-order valence-corrected chi connectivity index (χ3v) is 4.15. The summed E-state index contributed by atoms with van der Waals surface area (Å²) in [5.41, 5.74) is 2.20. The van der Waals surface area contributed by atoms with Crippen LogP contribution >= 0.6 is 11.6 Å². The summed E-state index contributed by atoms with van der Waals surface area (Å²) in [5, 5.41) is 0. The van der Waals surface area contributed by atoms with E-state index in [1.54, 1.807) is 0 Å². The molecule has 1 atom stereocenters. The minimum absolute atomic E-state index is 0.169. The lowest BCUT2D eigenvalue weighted by molar-refractivity contribution is -0.132. The number of alkyl halides is 1. The Morgan fingerprint density at radius 1 is 1.45 bits per heavy atom. The van der Waals surface area contributed by atoms with Gasteiger partial charge in [-0.05, 0) is 25.0 Å². The van der Waals surface area contributed by atoms with Gasteiger partial charge in [0.2, 0.25) is 5.91 Å². The van der Waals surface area contributed by atoms with Crippen molar-refractivity contribution < 1.29 is 4.79 Å². The second kappa shape index (κ2) is 5.83. The van der Waals surface area contributed by atoms with Crippen molar-refractivity contribution in [3.8, 4) is 0 Å². The zero-order chi connectivity index (χ0) is 13.9. The standard InChI is InChI=1S/C15H18ClN3O/c16-7-6-15(20)18-9-2-3-12(11-18)13-4-1-5-14-17-8-10-19(13)14/h1,4-5,8,10,12H,2-3,6-7,9,11H2. The first-order valence-electron chi connectivity index (χ1n) is 7.05. The fourth-order valence-corrected chi connectivity index (χ4v) is 3.15. The number of nitrogens with zero attached hydrogens (tertiary/aromatic N) is 3. The minimum atomic E-state index is 0.169. The number of carbonyl (C=O) groups is 1. The van der Waals surface area contributed by atoms with E-state index < -0.39 is 0 Å². The molecule has 1 aliphatic heterocycles. The van der Waals surface area contributed by atoms with Crippen LogP contribution in [0.2, 0.25) is 0 Å². The molecular formula is C15H18ClN3O. The lowest BCUT2D eigenvalue weighted by Crippen LogP contribution is -2.39. The normalized spacial score (nSPS) is 19.4. The van der Waals surface area contributed by atoms with Gasteiger partial charge in [0.05, 0.1) is 0 Å². The highest BCUT2D eigenvalue weighted by molar-refractivity contribution is 6.18. The summed E-state index contributed by atoms with van der Waals surface area (Å²) >= 11 is 5.67. The van der Waals surface area contributed by atoms with Gasteiger partial charge >= 0.3 is 0 Å². The monoisotopic (exact) mass is 291 g/mol. The Balaban J connectivity index is 1.83. The first kappa shape index (κ1) is 13.4. The minimum Gasteiger partial charge on any atom is -0.342 e. The topological polar surface area (TPSA) is 37.6 Å². The highest BCUT2D eigenvalue weighted by Crippen LogP contribution is 2.27. The van der Waals surface area contributed by atoms with Crippen LogP contribution in [0.15, 0.2) is 30.6 Å². The van der Waals surface area contributed by atoms with Crippen LogP contribution in [-0.2, 0) is 4.79 Å². The number of carbonyl (C=O) groups excluding carboxylic acids is 1. The van der Waals surface area contributed by atoms with Gasteiger partial charge in [0.15, 0.2) is 0 Å². The Morgan fingerprint density at radius 2 is 2.35 bits per heavy atom. The molecule has 1 unspecified atom stereocenters. The van der Waals surface area contributed by atoms with Crippen LogP contribution in [0.25, 0.3) is 5.65 Å². The van der Waals surface area contributed by atoms with Gasteiger partial charge in [-0.3, -0.25) is 4.79 Å². The molecule has 0 bridgehead atoms. The number of pyridine rings is 1. The van der Waals surface area contributed by atoms with E-state index in [1.807, 2.05) is 29.4 Å². The van der Waals surface area contributed by atoms with Crippen molar-refractivity contribution in [1.82, 2.24) is 14.3 Å². The number of halogens is 1. The molecule has 4 nitrogen and oxygen atoms in total. The number of hydrogen-bond donors (Lipinski definition) is 0. The predicted molar refractivity (Wildman–Crippen MR) is 79.1 cm³/mol. The Kier molecular flexibility index (Phi) is 3.92. The van der Waals surface area contributed by atoms with E-state index in [1.165, 1.54) is 5.69 Å². The predicted octanol–water partition coefficient (Wildman–Crippen LogP) is 2.67. The molecular weight excluding hydrogens is 274 g/mol. The van der Waals surface area contributed by atoms with Crippen LogP contribution in [0, 0.1) is 0 Å². The van der Waals surface area contributed by atoms with Gasteiger partial charge < -0.3 is 9.30 Å². The van der Waals surface area contributed by atoms with Crippen molar-refractivity contribution in [3.05, 3.63) is 36.3 Å². The molecule has 20 heavy (non-hydrogen) atoms. The first-order chi connectivity index (χ1) is 9.79. The molecule has 3 heterocycles. The zero-order valence-electron chi connectivity index (χ0n) is 11.3. The van der Waals surface area contributed by atoms with Crippen LogP contribution in [0.5, 0.6) is 0 Å². The number of hydrogen-bond acceptors (Lipinski definition) is 2. The van der Waals surface area contributed by atoms with Gasteiger partial charge in [-0.15, -0.1) is 11.6 Å². The maximum absolute atomic E-state index is 12.0. The summed E-state index contributed by atoms with van der Waals surface area (Å²) in [6, 6.07) is 6.18. The van der Waals surface area contributed by atoms with E-state index in [4.69, 9.17) is 11.6 Å². The van der Waals surface area contributed by atoms with Crippen molar-refractivity contribution in [3.63, 3.8) is 0 Å². The van der Waals surface area contributed by atoms with Crippen LogP contribution in [0.4, 0.5) is 0 Å². The van der Waals surface area contributed by atoms with Crippen LogP contribution in [0.1, 0.15) is 30.9 Å². The lowest BCUT2D eigenvalue weighted by Gasteiger charge is -2.33. The molecule has 0 spiro atoms. The van der Waals surface area contributed by atoms with Gasteiger partial charge in [-0.1, -0.05) is 6.07 Å². The van der Waals surface area contributed by atoms with Gasteiger partial charge in [0.25, 0.3) is 0 Å². The van der Waals surface area contributed by atoms with Crippen molar-refractivity contribution in [2.45, 2.75) is 25.2 Å². The van der Waals surface area contributed by atoms with E-state index in [0.29, 0.717) is 18.2 Å². The molecule has 1 aliphatic rings. The van der Waals surface area contributed by atoms with Gasteiger partial charge in [0.1, 0.15) is 5.65 Å². The fourth-order valence-electron chi connectivity index (χ4n) is 2.99. The molecule has 0 N–H and O–H groups in total. The Hall–Kier alpha value is -1.55. The van der Waals surface area contributed by atoms with Crippen molar-refractivity contribution in [1.29, 1.82) is 0 Å². The SMILES string of the molecule is O=C(CCCl)N1CCCC(c2cccc3nccn23)C1. The molecule has 1 saturated heterocycles. The summed E-state index contributed by atoms with van der Waals surface area (Å²) in [7, 11) is 0. The quantitative estimate of drug-likeness (QED) is 0.816. The van der Waals surface area contributed by atoms with Gasteiger partial charge in [-0.2, -0.15) is 0 Å². The number of amides is 1. The van der Waals surface area contributed by atoms with E-state index in [0.717, 1.165) is 31.6 Å². The molecule has 1 amide bonds. The second-order valence-corrected chi connectivity index (χ2v) is 5.60. The lowest BCUT2D eigenvalue weighted by atomic mass is 9.94. The van der Waals surface area contributed by atoms with E-state index in [9.17, 15) is 4.79 Å².